The van der Waals surface area contributed by atoms with Crippen molar-refractivity contribution in [2.24, 2.45) is 5.92 Å². The number of benzene rings is 1. The van der Waals surface area contributed by atoms with E-state index in [1.807, 2.05) is 31.2 Å². The summed E-state index contributed by atoms with van der Waals surface area (Å²) in [6.07, 6.45) is 4.57. The van der Waals surface area contributed by atoms with Gasteiger partial charge in [0.15, 0.2) is 0 Å². The van der Waals surface area contributed by atoms with Gasteiger partial charge in [0, 0.05) is 19.0 Å². The summed E-state index contributed by atoms with van der Waals surface area (Å²) in [5.74, 6) is 1.28. The Hall–Kier alpha value is -2.41. The maximum atomic E-state index is 12.1. The molecule has 2 amide bonds. The topological polar surface area (TPSA) is 80.3 Å². The van der Waals surface area contributed by atoms with Gasteiger partial charge >= 0.3 is 0 Å². The number of aromatic nitrogens is 1. The largest absolute Gasteiger partial charge is 0.494 e. The van der Waals surface area contributed by atoms with Crippen LogP contribution in [0.1, 0.15) is 41.4 Å². The number of amides is 2. The summed E-state index contributed by atoms with van der Waals surface area (Å²) in [6, 6.07) is 8.10. The number of thiazole rings is 1. The maximum Gasteiger partial charge on any atom is 0.263 e. The molecule has 1 aliphatic carbocycles. The third-order valence-electron chi connectivity index (χ3n) is 4.66. The first-order valence-electron chi connectivity index (χ1n) is 9.31. The van der Waals surface area contributed by atoms with E-state index in [9.17, 15) is 9.59 Å². The molecule has 2 N–H and O–H groups in total. The smallest absolute Gasteiger partial charge is 0.263 e. The molecule has 27 heavy (non-hydrogen) atoms. The molecule has 3 rings (SSSR count). The summed E-state index contributed by atoms with van der Waals surface area (Å²) in [5, 5.41) is 6.01. The molecule has 0 unspecified atom stereocenters. The number of hydrogen-bond donors (Lipinski definition) is 2. The zero-order valence-corrected chi connectivity index (χ0v) is 16.3. The van der Waals surface area contributed by atoms with E-state index in [1.54, 1.807) is 11.7 Å². The Kier molecular flexibility index (Phi) is 6.81. The average molecular weight is 388 g/mol. The molecule has 0 bridgehead atoms. The Labute approximate surface area is 163 Å². The Bertz CT molecular complexity index is 758. The van der Waals surface area contributed by atoms with Gasteiger partial charge in [-0.1, -0.05) is 12.1 Å². The van der Waals surface area contributed by atoms with Crippen molar-refractivity contribution in [3.63, 3.8) is 0 Å². The van der Waals surface area contributed by atoms with Crippen LogP contribution < -0.4 is 15.4 Å². The highest BCUT2D eigenvalue weighted by atomic mass is 32.1. The van der Waals surface area contributed by atoms with Gasteiger partial charge in [0.05, 0.1) is 18.3 Å². The molecule has 1 heterocycles. The third kappa shape index (κ3) is 5.79. The minimum absolute atomic E-state index is 0.0701. The van der Waals surface area contributed by atoms with Gasteiger partial charge in [-0.3, -0.25) is 14.6 Å². The molecular weight excluding hydrogens is 362 g/mol. The van der Waals surface area contributed by atoms with Crippen LogP contribution in [0.15, 0.2) is 36.0 Å². The molecule has 1 saturated carbocycles. The van der Waals surface area contributed by atoms with E-state index >= 15 is 0 Å². The number of aryl methyl sites for hydroxylation is 1. The van der Waals surface area contributed by atoms with Crippen molar-refractivity contribution in [1.82, 2.24) is 15.6 Å². The number of rotatable bonds is 9. The minimum atomic E-state index is -0.0701. The number of hydrogen-bond acceptors (Lipinski definition) is 5. The molecule has 0 atom stereocenters. The van der Waals surface area contributed by atoms with Gasteiger partial charge in [0.2, 0.25) is 5.91 Å². The fourth-order valence-corrected chi connectivity index (χ4v) is 3.72. The molecule has 1 aromatic carbocycles. The van der Waals surface area contributed by atoms with Crippen LogP contribution in [-0.2, 0) is 11.2 Å². The lowest BCUT2D eigenvalue weighted by Gasteiger charge is -2.35. The van der Waals surface area contributed by atoms with Gasteiger partial charge in [0.1, 0.15) is 10.6 Å². The monoisotopic (exact) mass is 387 g/mol. The summed E-state index contributed by atoms with van der Waals surface area (Å²) in [5.41, 5.74) is 2.75. The lowest BCUT2D eigenvalue weighted by molar-refractivity contribution is -0.122. The van der Waals surface area contributed by atoms with Gasteiger partial charge in [-0.15, -0.1) is 11.3 Å². The molecular formula is C20H25N3O3S. The van der Waals surface area contributed by atoms with E-state index < -0.39 is 0 Å². The first-order valence-corrected chi connectivity index (χ1v) is 10.2. The van der Waals surface area contributed by atoms with E-state index in [0.29, 0.717) is 36.8 Å². The van der Waals surface area contributed by atoms with Crippen molar-refractivity contribution in [2.45, 2.75) is 38.6 Å². The highest BCUT2D eigenvalue weighted by Crippen LogP contribution is 2.27. The van der Waals surface area contributed by atoms with E-state index in [-0.39, 0.29) is 17.9 Å². The van der Waals surface area contributed by atoms with Crippen LogP contribution in [-0.4, -0.2) is 36.0 Å². The van der Waals surface area contributed by atoms with Crippen molar-refractivity contribution in [2.75, 3.05) is 13.2 Å². The Morgan fingerprint density at radius 2 is 2.19 bits per heavy atom. The average Bonchev–Trinajstić information content (AvgIpc) is 3.17. The summed E-state index contributed by atoms with van der Waals surface area (Å²) < 4.78 is 5.49. The molecule has 1 aromatic heterocycles. The SMILES string of the molecule is CCOc1cccc(CCC(=O)NC2CC(CNC(=O)c3cncs3)C2)c1. The van der Waals surface area contributed by atoms with Crippen LogP contribution in [0.4, 0.5) is 0 Å². The lowest BCUT2D eigenvalue weighted by atomic mass is 9.80. The second-order valence-electron chi connectivity index (χ2n) is 6.76. The molecule has 1 fully saturated rings. The van der Waals surface area contributed by atoms with Crippen LogP contribution in [0, 0.1) is 5.92 Å². The Balaban J connectivity index is 1.31. The molecule has 0 radical (unpaired) electrons. The summed E-state index contributed by atoms with van der Waals surface area (Å²) in [6.45, 7) is 3.24. The van der Waals surface area contributed by atoms with Gasteiger partial charge in [-0.2, -0.15) is 0 Å². The molecule has 1 aliphatic rings. The standard InChI is InChI=1S/C20H25N3O3S/c1-2-26-17-5-3-4-14(10-17)6-7-19(24)23-16-8-15(9-16)11-22-20(25)18-12-21-13-27-18/h3-5,10,12-13,15-16H,2,6-9,11H2,1H3,(H,22,25)(H,23,24). The van der Waals surface area contributed by atoms with Crippen molar-refractivity contribution in [3.8, 4) is 5.75 Å². The van der Waals surface area contributed by atoms with Crippen LogP contribution in [0.2, 0.25) is 0 Å². The Morgan fingerprint density at radius 1 is 1.33 bits per heavy atom. The zero-order valence-electron chi connectivity index (χ0n) is 15.4. The highest BCUT2D eigenvalue weighted by Gasteiger charge is 2.30. The first kappa shape index (κ1) is 19.4. The zero-order chi connectivity index (χ0) is 19.1. The highest BCUT2D eigenvalue weighted by molar-refractivity contribution is 7.11. The minimum Gasteiger partial charge on any atom is -0.494 e. The molecule has 6 nitrogen and oxygen atoms in total. The quantitative estimate of drug-likeness (QED) is 0.693. The van der Waals surface area contributed by atoms with Crippen molar-refractivity contribution in [3.05, 3.63) is 46.4 Å². The molecule has 0 aliphatic heterocycles. The second kappa shape index (κ2) is 9.50. The van der Waals surface area contributed by atoms with Crippen molar-refractivity contribution < 1.29 is 14.3 Å². The van der Waals surface area contributed by atoms with Gasteiger partial charge in [-0.25, -0.2) is 0 Å². The number of ether oxygens (including phenoxy) is 1. The molecule has 7 heteroatoms. The molecule has 2 aromatic rings. The first-order chi connectivity index (χ1) is 13.1. The van der Waals surface area contributed by atoms with Gasteiger partial charge < -0.3 is 15.4 Å². The van der Waals surface area contributed by atoms with E-state index in [4.69, 9.17) is 4.74 Å². The number of carbonyl (C=O) groups excluding carboxylic acids is 2. The van der Waals surface area contributed by atoms with E-state index in [1.165, 1.54) is 11.3 Å². The predicted octanol–water partition coefficient (Wildman–Crippen LogP) is 2.80. The normalized spacial score (nSPS) is 18.4. The summed E-state index contributed by atoms with van der Waals surface area (Å²) >= 11 is 1.34. The fraction of sp³-hybridized carbons (Fsp3) is 0.450. The van der Waals surface area contributed by atoms with Gasteiger partial charge in [-0.05, 0) is 49.8 Å². The number of nitrogens with zero attached hydrogens (tertiary/aromatic N) is 1. The summed E-state index contributed by atoms with van der Waals surface area (Å²) in [7, 11) is 0. The lowest BCUT2D eigenvalue weighted by Crippen LogP contribution is -2.47. The summed E-state index contributed by atoms with van der Waals surface area (Å²) in [4.78, 5) is 28.6. The van der Waals surface area contributed by atoms with Crippen molar-refractivity contribution in [1.29, 1.82) is 0 Å². The van der Waals surface area contributed by atoms with E-state index in [2.05, 4.69) is 15.6 Å². The third-order valence-corrected chi connectivity index (χ3v) is 5.43. The van der Waals surface area contributed by atoms with Crippen LogP contribution >= 0.6 is 11.3 Å². The van der Waals surface area contributed by atoms with Crippen molar-refractivity contribution >= 4 is 23.2 Å². The second-order valence-corrected chi connectivity index (χ2v) is 7.64. The van der Waals surface area contributed by atoms with Crippen LogP contribution in [0.25, 0.3) is 0 Å². The number of nitrogens with one attached hydrogen (secondary N) is 2. The number of carbonyl (C=O) groups is 2. The Morgan fingerprint density at radius 3 is 2.93 bits per heavy atom. The van der Waals surface area contributed by atoms with Gasteiger partial charge in [0.25, 0.3) is 5.91 Å². The van der Waals surface area contributed by atoms with E-state index in [0.717, 1.165) is 24.2 Å². The van der Waals surface area contributed by atoms with Crippen LogP contribution in [0.5, 0.6) is 5.75 Å². The molecule has 0 spiro atoms. The fourth-order valence-electron chi connectivity index (χ4n) is 3.19. The van der Waals surface area contributed by atoms with Crippen LogP contribution in [0.3, 0.4) is 0 Å². The predicted molar refractivity (Wildman–Crippen MR) is 105 cm³/mol. The maximum absolute atomic E-state index is 12.1. The molecule has 144 valence electrons. The molecule has 0 saturated heterocycles.